The van der Waals surface area contributed by atoms with Crippen molar-refractivity contribution < 1.29 is 19.1 Å². The van der Waals surface area contributed by atoms with Gasteiger partial charge in [-0.3, -0.25) is 4.79 Å². The van der Waals surface area contributed by atoms with Crippen LogP contribution < -0.4 is 5.32 Å². The van der Waals surface area contributed by atoms with Crippen molar-refractivity contribution in [1.82, 2.24) is 5.32 Å². The first kappa shape index (κ1) is 13.1. The first-order chi connectivity index (χ1) is 7.69. The Labute approximate surface area is 99.4 Å². The molecule has 16 heavy (non-hydrogen) atoms. The molecule has 5 nitrogen and oxygen atoms in total. The minimum atomic E-state index is -0.481. The fourth-order valence-corrected chi connectivity index (χ4v) is 1.80. The van der Waals surface area contributed by atoms with Crippen LogP contribution in [0.15, 0.2) is 0 Å². The molecule has 1 aliphatic heterocycles. The number of cyclic esters (lactones) is 1. The maximum Gasteiger partial charge on any atom is 0.407 e. The highest BCUT2D eigenvalue weighted by molar-refractivity contribution is 6.17. The molecular formula is C10H16ClNO4. The largest absolute Gasteiger partial charge is 0.466 e. The summed E-state index contributed by atoms with van der Waals surface area (Å²) in [6, 6.07) is -0.297. The summed E-state index contributed by atoms with van der Waals surface area (Å²) in [4.78, 5) is 22.6. The lowest BCUT2D eigenvalue weighted by Gasteiger charge is -2.19. The molecule has 1 N–H and O–H groups in total. The smallest absolute Gasteiger partial charge is 0.407 e. The van der Waals surface area contributed by atoms with Gasteiger partial charge in [0.1, 0.15) is 6.61 Å². The molecule has 1 saturated heterocycles. The number of nitrogens with one attached hydrogen (secondary N) is 1. The van der Waals surface area contributed by atoms with Crippen LogP contribution in [0.2, 0.25) is 0 Å². The number of hydrogen-bond acceptors (Lipinski definition) is 4. The standard InChI is InChI=1S/C10H16ClNO4/c1-2-15-9(13)7(4-3-5-11)8-6-16-10(14)12-8/h7-8H,2-6H2,1H3,(H,12,14)/t7-,8+/m0/s1. The Bertz CT molecular complexity index is 259. The summed E-state index contributed by atoms with van der Waals surface area (Å²) in [6.07, 6.45) is 0.818. The van der Waals surface area contributed by atoms with E-state index in [1.807, 2.05) is 0 Å². The highest BCUT2D eigenvalue weighted by Gasteiger charge is 2.35. The van der Waals surface area contributed by atoms with Crippen LogP contribution in [0.5, 0.6) is 0 Å². The van der Waals surface area contributed by atoms with Crippen molar-refractivity contribution in [1.29, 1.82) is 0 Å². The predicted molar refractivity (Wildman–Crippen MR) is 58.3 cm³/mol. The molecule has 0 aliphatic carbocycles. The topological polar surface area (TPSA) is 64.6 Å². The summed E-state index contributed by atoms with van der Waals surface area (Å²) in [6.45, 7) is 2.29. The Morgan fingerprint density at radius 1 is 1.75 bits per heavy atom. The predicted octanol–water partition coefficient (Wildman–Crippen LogP) is 1.29. The molecule has 1 heterocycles. The average Bonchev–Trinajstić information content (AvgIpc) is 2.66. The molecule has 0 radical (unpaired) electrons. The number of halogens is 1. The van der Waals surface area contributed by atoms with Gasteiger partial charge in [-0.2, -0.15) is 0 Å². The minimum Gasteiger partial charge on any atom is -0.466 e. The molecule has 2 atom stereocenters. The third-order valence-corrected chi connectivity index (χ3v) is 2.69. The van der Waals surface area contributed by atoms with Gasteiger partial charge in [-0.1, -0.05) is 0 Å². The molecule has 0 bridgehead atoms. The molecule has 0 aromatic carbocycles. The zero-order valence-corrected chi connectivity index (χ0v) is 9.96. The molecule has 1 amide bonds. The molecule has 0 spiro atoms. The number of hydrogen-bond donors (Lipinski definition) is 1. The van der Waals surface area contributed by atoms with Gasteiger partial charge in [0, 0.05) is 5.88 Å². The summed E-state index contributed by atoms with van der Waals surface area (Å²) >= 11 is 5.59. The first-order valence-corrected chi connectivity index (χ1v) is 5.88. The van der Waals surface area contributed by atoms with E-state index in [2.05, 4.69) is 5.32 Å². The van der Waals surface area contributed by atoms with Gasteiger partial charge in [0.15, 0.2) is 0 Å². The van der Waals surface area contributed by atoms with Crippen molar-refractivity contribution >= 4 is 23.7 Å². The quantitative estimate of drug-likeness (QED) is 0.569. The van der Waals surface area contributed by atoms with Gasteiger partial charge in [-0.05, 0) is 19.8 Å². The van der Waals surface area contributed by atoms with E-state index < -0.39 is 6.09 Å². The molecule has 0 saturated carbocycles. The van der Waals surface area contributed by atoms with E-state index in [-0.39, 0.29) is 24.5 Å². The van der Waals surface area contributed by atoms with E-state index in [9.17, 15) is 9.59 Å². The zero-order valence-electron chi connectivity index (χ0n) is 9.20. The van der Waals surface area contributed by atoms with E-state index in [4.69, 9.17) is 21.1 Å². The van der Waals surface area contributed by atoms with E-state index in [0.717, 1.165) is 0 Å². The van der Waals surface area contributed by atoms with Crippen molar-refractivity contribution in [2.24, 2.45) is 5.92 Å². The van der Waals surface area contributed by atoms with Crippen LogP contribution in [-0.4, -0.2) is 37.2 Å². The Kier molecular flexibility index (Phi) is 5.38. The lowest BCUT2D eigenvalue weighted by Crippen LogP contribution is -2.39. The van der Waals surface area contributed by atoms with E-state index >= 15 is 0 Å². The fraction of sp³-hybridized carbons (Fsp3) is 0.800. The van der Waals surface area contributed by atoms with Crippen LogP contribution in [0.4, 0.5) is 4.79 Å². The molecule has 1 aliphatic rings. The summed E-state index contributed by atoms with van der Waals surface area (Å²) in [5.74, 6) is -0.189. The van der Waals surface area contributed by atoms with Gasteiger partial charge in [-0.15, -0.1) is 11.6 Å². The van der Waals surface area contributed by atoms with E-state index in [0.29, 0.717) is 25.3 Å². The maximum absolute atomic E-state index is 11.7. The van der Waals surface area contributed by atoms with Crippen LogP contribution in [0.1, 0.15) is 19.8 Å². The second-order valence-electron chi connectivity index (χ2n) is 3.54. The van der Waals surface area contributed by atoms with Crippen LogP contribution in [0, 0.1) is 5.92 Å². The Morgan fingerprint density at radius 3 is 3.00 bits per heavy atom. The van der Waals surface area contributed by atoms with Gasteiger partial charge in [0.05, 0.1) is 18.6 Å². The molecule has 0 aromatic heterocycles. The third kappa shape index (κ3) is 3.56. The lowest BCUT2D eigenvalue weighted by atomic mass is 9.96. The second kappa shape index (κ2) is 6.58. The number of amides is 1. The number of alkyl carbamates (subject to hydrolysis) is 1. The Hall–Kier alpha value is -0.970. The van der Waals surface area contributed by atoms with Crippen molar-refractivity contribution in [3.05, 3.63) is 0 Å². The Balaban J connectivity index is 2.55. The molecule has 1 fully saturated rings. The summed E-state index contributed by atoms with van der Waals surface area (Å²) in [5.41, 5.74) is 0. The molecular weight excluding hydrogens is 234 g/mol. The number of carbonyl (C=O) groups excluding carboxylic acids is 2. The first-order valence-electron chi connectivity index (χ1n) is 5.35. The molecule has 1 rings (SSSR count). The van der Waals surface area contributed by atoms with Gasteiger partial charge in [-0.25, -0.2) is 4.79 Å². The fourth-order valence-electron chi connectivity index (χ4n) is 1.65. The summed E-state index contributed by atoms with van der Waals surface area (Å²) in [5, 5.41) is 2.60. The van der Waals surface area contributed by atoms with Crippen molar-refractivity contribution in [3.63, 3.8) is 0 Å². The number of rotatable bonds is 6. The van der Waals surface area contributed by atoms with Crippen LogP contribution in [0.25, 0.3) is 0 Å². The van der Waals surface area contributed by atoms with Crippen molar-refractivity contribution in [3.8, 4) is 0 Å². The van der Waals surface area contributed by atoms with E-state index in [1.165, 1.54) is 0 Å². The van der Waals surface area contributed by atoms with Gasteiger partial charge in [0.2, 0.25) is 0 Å². The van der Waals surface area contributed by atoms with Gasteiger partial charge < -0.3 is 14.8 Å². The minimum absolute atomic E-state index is 0.213. The zero-order chi connectivity index (χ0) is 12.0. The number of carbonyl (C=O) groups is 2. The molecule has 0 aromatic rings. The van der Waals surface area contributed by atoms with Crippen molar-refractivity contribution in [2.75, 3.05) is 19.1 Å². The van der Waals surface area contributed by atoms with Crippen molar-refractivity contribution in [2.45, 2.75) is 25.8 Å². The van der Waals surface area contributed by atoms with Gasteiger partial charge >= 0.3 is 12.1 Å². The lowest BCUT2D eigenvalue weighted by molar-refractivity contribution is -0.149. The SMILES string of the molecule is CCOC(=O)[C@@H](CCCCl)[C@H]1COC(=O)N1. The highest BCUT2D eigenvalue weighted by atomic mass is 35.5. The maximum atomic E-state index is 11.7. The monoisotopic (exact) mass is 249 g/mol. The summed E-state index contributed by atoms with van der Waals surface area (Å²) < 4.78 is 9.72. The van der Waals surface area contributed by atoms with Crippen LogP contribution in [0.3, 0.4) is 0 Å². The van der Waals surface area contributed by atoms with Crippen LogP contribution >= 0.6 is 11.6 Å². The Morgan fingerprint density at radius 2 is 2.50 bits per heavy atom. The van der Waals surface area contributed by atoms with E-state index in [1.54, 1.807) is 6.92 Å². The molecule has 0 unspecified atom stereocenters. The second-order valence-corrected chi connectivity index (χ2v) is 3.92. The number of esters is 1. The van der Waals surface area contributed by atoms with Crippen LogP contribution in [-0.2, 0) is 14.3 Å². The number of ether oxygens (including phenoxy) is 2. The highest BCUT2D eigenvalue weighted by Crippen LogP contribution is 2.18. The third-order valence-electron chi connectivity index (χ3n) is 2.42. The molecule has 6 heteroatoms. The number of alkyl halides is 1. The van der Waals surface area contributed by atoms with Gasteiger partial charge in [0.25, 0.3) is 0 Å². The average molecular weight is 250 g/mol. The molecule has 92 valence electrons. The normalized spacial score (nSPS) is 21.1. The summed E-state index contributed by atoms with van der Waals surface area (Å²) in [7, 11) is 0.